The van der Waals surface area contributed by atoms with Gasteiger partial charge >= 0.3 is 0 Å². The van der Waals surface area contributed by atoms with Gasteiger partial charge in [0.1, 0.15) is 10.8 Å². The first-order chi connectivity index (χ1) is 14.5. The second-order valence-electron chi connectivity index (χ2n) is 6.30. The van der Waals surface area contributed by atoms with Gasteiger partial charge in [-0.2, -0.15) is 9.61 Å². The second kappa shape index (κ2) is 8.56. The zero-order valence-corrected chi connectivity index (χ0v) is 17.9. The van der Waals surface area contributed by atoms with Gasteiger partial charge in [-0.05, 0) is 68.5 Å². The topological polar surface area (TPSA) is 93.4 Å². The van der Waals surface area contributed by atoms with E-state index in [2.05, 4.69) is 25.9 Å². The van der Waals surface area contributed by atoms with Crippen LogP contribution >= 0.6 is 23.6 Å². The van der Waals surface area contributed by atoms with Crippen molar-refractivity contribution in [3.8, 4) is 16.3 Å². The van der Waals surface area contributed by atoms with Gasteiger partial charge in [0.2, 0.25) is 4.96 Å². The minimum absolute atomic E-state index is 0.212. The molecule has 1 amide bonds. The number of fused-ring (bicyclic) bond motifs is 1. The van der Waals surface area contributed by atoms with Crippen molar-refractivity contribution in [2.75, 3.05) is 11.9 Å². The third-order valence-corrected chi connectivity index (χ3v) is 5.32. The molecule has 0 aliphatic heterocycles. The molecular formula is C20H18N6O2S2. The molecule has 4 rings (SSSR count). The van der Waals surface area contributed by atoms with E-state index in [9.17, 15) is 4.79 Å². The summed E-state index contributed by atoms with van der Waals surface area (Å²) >= 11 is 6.73. The van der Waals surface area contributed by atoms with Crippen LogP contribution in [0.3, 0.4) is 0 Å². The van der Waals surface area contributed by atoms with E-state index in [1.54, 1.807) is 28.8 Å². The number of rotatable bonds is 5. The van der Waals surface area contributed by atoms with Gasteiger partial charge in [-0.3, -0.25) is 10.1 Å². The number of benzene rings is 2. The van der Waals surface area contributed by atoms with Crippen molar-refractivity contribution in [1.29, 1.82) is 0 Å². The molecule has 8 nitrogen and oxygen atoms in total. The lowest BCUT2D eigenvalue weighted by Crippen LogP contribution is -2.34. The van der Waals surface area contributed by atoms with Crippen LogP contribution in [-0.2, 0) is 0 Å². The van der Waals surface area contributed by atoms with Gasteiger partial charge in [-0.25, -0.2) is 0 Å². The fraction of sp³-hybridized carbons (Fsp3) is 0.150. The van der Waals surface area contributed by atoms with Crippen molar-refractivity contribution in [3.63, 3.8) is 0 Å². The van der Waals surface area contributed by atoms with E-state index in [4.69, 9.17) is 17.0 Å². The highest BCUT2D eigenvalue weighted by molar-refractivity contribution is 7.80. The minimum Gasteiger partial charge on any atom is -0.494 e. The number of hydrogen-bond acceptors (Lipinski definition) is 7. The summed E-state index contributed by atoms with van der Waals surface area (Å²) in [5, 5.41) is 19.3. The van der Waals surface area contributed by atoms with Gasteiger partial charge in [0.15, 0.2) is 10.9 Å². The standard InChI is InChI=1S/C20H18N6O2S2/c1-3-28-16-6-4-5-14(11-16)17(27)22-19(29)21-15-9-7-13(8-10-15)18-25-26-12(2)23-24-20(26)30-18/h4-11H,3H2,1-2H3,(H2,21,22,27,29). The number of aryl methyl sites for hydroxylation is 1. The Hall–Kier alpha value is -3.37. The van der Waals surface area contributed by atoms with Crippen molar-refractivity contribution in [2.45, 2.75) is 13.8 Å². The van der Waals surface area contributed by atoms with Crippen LogP contribution < -0.4 is 15.4 Å². The molecule has 2 aromatic carbocycles. The molecule has 0 radical (unpaired) electrons. The van der Waals surface area contributed by atoms with Crippen molar-refractivity contribution >= 4 is 45.2 Å². The lowest BCUT2D eigenvalue weighted by Gasteiger charge is -2.10. The van der Waals surface area contributed by atoms with Crippen molar-refractivity contribution in [3.05, 3.63) is 59.9 Å². The van der Waals surface area contributed by atoms with Crippen LogP contribution in [0.4, 0.5) is 5.69 Å². The van der Waals surface area contributed by atoms with Gasteiger partial charge in [0, 0.05) is 16.8 Å². The number of thiocarbonyl (C=S) groups is 1. The maximum atomic E-state index is 12.4. The first-order valence-corrected chi connectivity index (χ1v) is 10.4. The van der Waals surface area contributed by atoms with Crippen LogP contribution in [0, 0.1) is 6.92 Å². The smallest absolute Gasteiger partial charge is 0.257 e. The van der Waals surface area contributed by atoms with E-state index in [1.165, 1.54) is 11.3 Å². The van der Waals surface area contributed by atoms with E-state index in [-0.39, 0.29) is 11.0 Å². The lowest BCUT2D eigenvalue weighted by molar-refractivity contribution is 0.0977. The maximum Gasteiger partial charge on any atom is 0.257 e. The third-order valence-electron chi connectivity index (χ3n) is 4.17. The van der Waals surface area contributed by atoms with Crippen LogP contribution in [0.15, 0.2) is 48.5 Å². The normalized spacial score (nSPS) is 10.7. The Morgan fingerprint density at radius 2 is 2.00 bits per heavy atom. The Morgan fingerprint density at radius 1 is 1.20 bits per heavy atom. The highest BCUT2D eigenvalue weighted by Gasteiger charge is 2.12. The van der Waals surface area contributed by atoms with Gasteiger partial charge in [0.05, 0.1) is 6.61 Å². The van der Waals surface area contributed by atoms with Gasteiger partial charge in [-0.1, -0.05) is 17.4 Å². The summed E-state index contributed by atoms with van der Waals surface area (Å²) in [4.78, 5) is 13.2. The summed E-state index contributed by atoms with van der Waals surface area (Å²) in [6, 6.07) is 14.6. The summed E-state index contributed by atoms with van der Waals surface area (Å²) in [6.45, 7) is 4.28. The Labute approximate surface area is 181 Å². The Bertz CT molecular complexity index is 1220. The number of ether oxygens (including phenoxy) is 1. The molecule has 0 unspecified atom stereocenters. The van der Waals surface area contributed by atoms with Crippen LogP contribution in [0.2, 0.25) is 0 Å². The molecule has 2 aromatic heterocycles. The summed E-state index contributed by atoms with van der Waals surface area (Å²) in [5.74, 6) is 1.08. The van der Waals surface area contributed by atoms with E-state index >= 15 is 0 Å². The van der Waals surface area contributed by atoms with E-state index in [0.29, 0.717) is 17.9 Å². The number of nitrogens with one attached hydrogen (secondary N) is 2. The lowest BCUT2D eigenvalue weighted by atomic mass is 10.2. The number of nitrogens with zero attached hydrogens (tertiary/aromatic N) is 4. The van der Waals surface area contributed by atoms with E-state index in [1.807, 2.05) is 38.1 Å². The van der Waals surface area contributed by atoms with Crippen LogP contribution in [0.5, 0.6) is 5.75 Å². The molecule has 30 heavy (non-hydrogen) atoms. The van der Waals surface area contributed by atoms with Crippen molar-refractivity contribution < 1.29 is 9.53 Å². The minimum atomic E-state index is -0.305. The molecule has 4 aromatic rings. The SMILES string of the molecule is CCOc1cccc(C(=O)NC(=S)Nc2ccc(-c3nn4c(C)nnc4s3)cc2)c1. The van der Waals surface area contributed by atoms with Crippen molar-refractivity contribution in [2.24, 2.45) is 0 Å². The fourth-order valence-corrected chi connectivity index (χ4v) is 3.86. The van der Waals surface area contributed by atoms with Crippen LogP contribution in [0.1, 0.15) is 23.1 Å². The van der Waals surface area contributed by atoms with Crippen molar-refractivity contribution in [1.82, 2.24) is 25.1 Å². The molecule has 0 aliphatic carbocycles. The first-order valence-electron chi connectivity index (χ1n) is 9.18. The van der Waals surface area contributed by atoms with E-state index < -0.39 is 0 Å². The maximum absolute atomic E-state index is 12.4. The summed E-state index contributed by atoms with van der Waals surface area (Å²) in [5.41, 5.74) is 2.18. The molecule has 0 bridgehead atoms. The molecule has 2 heterocycles. The molecule has 0 spiro atoms. The summed E-state index contributed by atoms with van der Waals surface area (Å²) < 4.78 is 7.14. The fourth-order valence-electron chi connectivity index (χ4n) is 2.76. The molecule has 0 saturated heterocycles. The number of aromatic nitrogens is 4. The van der Waals surface area contributed by atoms with Gasteiger partial charge < -0.3 is 10.1 Å². The molecule has 10 heteroatoms. The number of anilines is 1. The molecule has 152 valence electrons. The zero-order chi connectivity index (χ0) is 21.1. The number of carbonyl (C=O) groups excluding carboxylic acids is 1. The third kappa shape index (κ3) is 4.29. The Balaban J connectivity index is 1.39. The van der Waals surface area contributed by atoms with Crippen LogP contribution in [0.25, 0.3) is 15.5 Å². The van der Waals surface area contributed by atoms with E-state index in [0.717, 1.165) is 27.0 Å². The molecule has 0 saturated carbocycles. The average Bonchev–Trinajstić information content (AvgIpc) is 3.31. The number of amides is 1. The van der Waals surface area contributed by atoms with Gasteiger partial charge in [0.25, 0.3) is 5.91 Å². The quantitative estimate of drug-likeness (QED) is 0.459. The average molecular weight is 439 g/mol. The van der Waals surface area contributed by atoms with Crippen LogP contribution in [-0.4, -0.2) is 37.4 Å². The highest BCUT2D eigenvalue weighted by Crippen LogP contribution is 2.26. The largest absolute Gasteiger partial charge is 0.494 e. The first kappa shape index (κ1) is 19.9. The summed E-state index contributed by atoms with van der Waals surface area (Å²) in [7, 11) is 0. The van der Waals surface area contributed by atoms with Gasteiger partial charge in [-0.15, -0.1) is 10.2 Å². The predicted molar refractivity (Wildman–Crippen MR) is 120 cm³/mol. The monoisotopic (exact) mass is 438 g/mol. The molecule has 2 N–H and O–H groups in total. The number of carbonyl (C=O) groups is 1. The predicted octanol–water partition coefficient (Wildman–Crippen LogP) is 3.69. The Morgan fingerprint density at radius 3 is 2.73 bits per heavy atom. The highest BCUT2D eigenvalue weighted by atomic mass is 32.1. The zero-order valence-electron chi connectivity index (χ0n) is 16.2. The summed E-state index contributed by atoms with van der Waals surface area (Å²) in [6.07, 6.45) is 0. The molecule has 0 atom stereocenters. The molecule has 0 aliphatic rings. The second-order valence-corrected chi connectivity index (χ2v) is 7.66. The Kier molecular flexibility index (Phi) is 5.68. The molecule has 0 fully saturated rings. The number of hydrogen-bond donors (Lipinski definition) is 2. The molecular weight excluding hydrogens is 420 g/mol.